The minimum absolute atomic E-state index is 0.185. The maximum absolute atomic E-state index is 12.5. The SMILES string of the molecule is CN(Cc1cccnc1)C[C@H]1CCN(C(=O)[C@H]2CCCCO2)C1. The van der Waals surface area contributed by atoms with Gasteiger partial charge in [0, 0.05) is 45.2 Å². The van der Waals surface area contributed by atoms with Gasteiger partial charge in [-0.15, -0.1) is 0 Å². The minimum atomic E-state index is -0.185. The third-order valence-corrected chi connectivity index (χ3v) is 4.80. The van der Waals surface area contributed by atoms with Crippen molar-refractivity contribution in [3.8, 4) is 0 Å². The average Bonchev–Trinajstić information content (AvgIpc) is 3.04. The van der Waals surface area contributed by atoms with Crippen LogP contribution in [0.15, 0.2) is 24.5 Å². The van der Waals surface area contributed by atoms with Crippen LogP contribution in [0.4, 0.5) is 0 Å². The van der Waals surface area contributed by atoms with Crippen molar-refractivity contribution >= 4 is 5.91 Å². The molecule has 23 heavy (non-hydrogen) atoms. The molecule has 0 bridgehead atoms. The summed E-state index contributed by atoms with van der Waals surface area (Å²) in [5.41, 5.74) is 1.23. The first-order chi connectivity index (χ1) is 11.2. The first kappa shape index (κ1) is 16.4. The second kappa shape index (κ2) is 7.88. The molecular weight excluding hydrogens is 290 g/mol. The molecular formula is C18H27N3O2. The molecule has 0 spiro atoms. The maximum Gasteiger partial charge on any atom is 0.251 e. The molecule has 0 aromatic carbocycles. The fourth-order valence-corrected chi connectivity index (χ4v) is 3.63. The second-order valence-corrected chi connectivity index (χ2v) is 6.85. The minimum Gasteiger partial charge on any atom is -0.368 e. The molecule has 5 nitrogen and oxygen atoms in total. The van der Waals surface area contributed by atoms with Crippen molar-refractivity contribution in [3.63, 3.8) is 0 Å². The van der Waals surface area contributed by atoms with Gasteiger partial charge in [0.2, 0.25) is 0 Å². The Balaban J connectivity index is 1.45. The van der Waals surface area contributed by atoms with Gasteiger partial charge in [-0.25, -0.2) is 0 Å². The third kappa shape index (κ3) is 4.52. The molecule has 2 fully saturated rings. The summed E-state index contributed by atoms with van der Waals surface area (Å²) in [6, 6.07) is 4.08. The predicted octanol–water partition coefficient (Wildman–Crippen LogP) is 1.93. The number of rotatable bonds is 5. The highest BCUT2D eigenvalue weighted by molar-refractivity contribution is 5.81. The van der Waals surface area contributed by atoms with Gasteiger partial charge in [0.05, 0.1) is 0 Å². The predicted molar refractivity (Wildman–Crippen MR) is 88.8 cm³/mol. The summed E-state index contributed by atoms with van der Waals surface area (Å²) in [6.07, 6.45) is 7.72. The lowest BCUT2D eigenvalue weighted by Gasteiger charge is -2.27. The van der Waals surface area contributed by atoms with Gasteiger partial charge in [-0.3, -0.25) is 9.78 Å². The van der Waals surface area contributed by atoms with Gasteiger partial charge in [0.15, 0.2) is 0 Å². The fraction of sp³-hybridized carbons (Fsp3) is 0.667. The summed E-state index contributed by atoms with van der Waals surface area (Å²) in [5.74, 6) is 0.770. The molecule has 2 saturated heterocycles. The molecule has 3 heterocycles. The number of likely N-dealkylation sites (tertiary alicyclic amines) is 1. The van der Waals surface area contributed by atoms with Crippen LogP contribution in [-0.2, 0) is 16.1 Å². The molecule has 2 aliphatic heterocycles. The quantitative estimate of drug-likeness (QED) is 0.832. The summed E-state index contributed by atoms with van der Waals surface area (Å²) in [7, 11) is 2.14. The molecule has 0 radical (unpaired) electrons. The molecule has 1 aromatic heterocycles. The highest BCUT2D eigenvalue weighted by atomic mass is 16.5. The van der Waals surface area contributed by atoms with E-state index in [1.807, 2.05) is 17.2 Å². The third-order valence-electron chi connectivity index (χ3n) is 4.80. The van der Waals surface area contributed by atoms with E-state index in [4.69, 9.17) is 4.74 Å². The summed E-state index contributed by atoms with van der Waals surface area (Å²) < 4.78 is 5.64. The van der Waals surface area contributed by atoms with Gasteiger partial charge in [0.1, 0.15) is 6.10 Å². The highest BCUT2D eigenvalue weighted by Crippen LogP contribution is 2.22. The lowest BCUT2D eigenvalue weighted by atomic mass is 10.1. The second-order valence-electron chi connectivity index (χ2n) is 6.85. The molecule has 1 aromatic rings. The first-order valence-electron chi connectivity index (χ1n) is 8.70. The van der Waals surface area contributed by atoms with Crippen LogP contribution in [0.5, 0.6) is 0 Å². The number of hydrogen-bond donors (Lipinski definition) is 0. The van der Waals surface area contributed by atoms with Crippen LogP contribution in [0, 0.1) is 5.92 Å². The standard InChI is InChI=1S/C18H27N3O2/c1-20(12-15-5-4-8-19-11-15)13-16-7-9-21(14-16)18(22)17-6-2-3-10-23-17/h4-5,8,11,16-17H,2-3,6-7,9-10,12-14H2,1H3/t16-,17-/m1/s1. The van der Waals surface area contributed by atoms with Crippen molar-refractivity contribution in [2.75, 3.05) is 33.3 Å². The summed E-state index contributed by atoms with van der Waals surface area (Å²) in [5, 5.41) is 0. The Labute approximate surface area is 138 Å². The number of pyridine rings is 1. The Bertz CT molecular complexity index is 502. The molecule has 126 valence electrons. The number of hydrogen-bond acceptors (Lipinski definition) is 4. The van der Waals surface area contributed by atoms with Gasteiger partial charge in [-0.1, -0.05) is 6.07 Å². The van der Waals surface area contributed by atoms with Crippen LogP contribution < -0.4 is 0 Å². The fourth-order valence-electron chi connectivity index (χ4n) is 3.63. The van der Waals surface area contributed by atoms with Crippen molar-refractivity contribution in [3.05, 3.63) is 30.1 Å². The normalized spacial score (nSPS) is 25.0. The highest BCUT2D eigenvalue weighted by Gasteiger charge is 2.32. The Morgan fingerprint density at radius 1 is 1.43 bits per heavy atom. The monoisotopic (exact) mass is 317 g/mol. The van der Waals surface area contributed by atoms with Crippen LogP contribution in [-0.4, -0.2) is 60.1 Å². The van der Waals surface area contributed by atoms with E-state index in [-0.39, 0.29) is 12.0 Å². The van der Waals surface area contributed by atoms with Crippen LogP contribution in [0.1, 0.15) is 31.2 Å². The molecule has 0 unspecified atom stereocenters. The largest absolute Gasteiger partial charge is 0.368 e. The van der Waals surface area contributed by atoms with E-state index >= 15 is 0 Å². The number of carbonyl (C=O) groups excluding carboxylic acids is 1. The Morgan fingerprint density at radius 2 is 2.35 bits per heavy atom. The topological polar surface area (TPSA) is 45.7 Å². The van der Waals surface area contributed by atoms with Crippen molar-refractivity contribution in [1.29, 1.82) is 0 Å². The van der Waals surface area contributed by atoms with E-state index in [0.29, 0.717) is 5.92 Å². The molecule has 1 amide bonds. The van der Waals surface area contributed by atoms with Crippen molar-refractivity contribution in [2.45, 2.75) is 38.3 Å². The van der Waals surface area contributed by atoms with Gasteiger partial charge in [-0.05, 0) is 50.3 Å². The maximum atomic E-state index is 12.5. The van der Waals surface area contributed by atoms with E-state index in [0.717, 1.165) is 58.5 Å². The molecule has 0 N–H and O–H groups in total. The number of ether oxygens (including phenoxy) is 1. The van der Waals surface area contributed by atoms with E-state index in [2.05, 4.69) is 23.0 Å². The Hall–Kier alpha value is -1.46. The lowest BCUT2D eigenvalue weighted by Crippen LogP contribution is -2.41. The van der Waals surface area contributed by atoms with Crippen LogP contribution in [0.3, 0.4) is 0 Å². The summed E-state index contributed by atoms with van der Waals surface area (Å²) in [6.45, 7) is 4.41. The number of carbonyl (C=O) groups is 1. The molecule has 3 rings (SSSR count). The first-order valence-corrected chi connectivity index (χ1v) is 8.70. The summed E-state index contributed by atoms with van der Waals surface area (Å²) >= 11 is 0. The van der Waals surface area contributed by atoms with E-state index in [1.165, 1.54) is 5.56 Å². The molecule has 2 aliphatic rings. The number of nitrogens with zero attached hydrogens (tertiary/aromatic N) is 3. The molecule has 0 saturated carbocycles. The zero-order valence-corrected chi connectivity index (χ0v) is 14.0. The lowest BCUT2D eigenvalue weighted by molar-refractivity contribution is -0.145. The van der Waals surface area contributed by atoms with Crippen molar-refractivity contribution in [1.82, 2.24) is 14.8 Å². The average molecular weight is 317 g/mol. The van der Waals surface area contributed by atoms with Crippen LogP contribution in [0.25, 0.3) is 0 Å². The van der Waals surface area contributed by atoms with Crippen LogP contribution >= 0.6 is 0 Å². The number of aromatic nitrogens is 1. The van der Waals surface area contributed by atoms with Crippen molar-refractivity contribution < 1.29 is 9.53 Å². The zero-order chi connectivity index (χ0) is 16.1. The smallest absolute Gasteiger partial charge is 0.251 e. The number of amides is 1. The Kier molecular flexibility index (Phi) is 5.62. The van der Waals surface area contributed by atoms with Gasteiger partial charge < -0.3 is 14.5 Å². The van der Waals surface area contributed by atoms with Gasteiger partial charge in [-0.2, -0.15) is 0 Å². The van der Waals surface area contributed by atoms with Gasteiger partial charge >= 0.3 is 0 Å². The zero-order valence-electron chi connectivity index (χ0n) is 14.0. The summed E-state index contributed by atoms with van der Waals surface area (Å²) in [4.78, 5) is 21.0. The van der Waals surface area contributed by atoms with Crippen LogP contribution in [0.2, 0.25) is 0 Å². The van der Waals surface area contributed by atoms with E-state index in [1.54, 1.807) is 6.20 Å². The Morgan fingerprint density at radius 3 is 3.09 bits per heavy atom. The van der Waals surface area contributed by atoms with Crippen molar-refractivity contribution in [2.24, 2.45) is 5.92 Å². The van der Waals surface area contributed by atoms with Gasteiger partial charge in [0.25, 0.3) is 5.91 Å². The molecule has 0 aliphatic carbocycles. The molecule has 2 atom stereocenters. The molecule has 5 heteroatoms. The van der Waals surface area contributed by atoms with E-state index in [9.17, 15) is 4.79 Å². The van der Waals surface area contributed by atoms with E-state index < -0.39 is 0 Å².